The molecule has 0 aromatic heterocycles. The average molecular weight is 248 g/mol. The van der Waals surface area contributed by atoms with Crippen LogP contribution in [0.3, 0.4) is 0 Å². The molecule has 0 spiro atoms. The Morgan fingerprint density at radius 1 is 1.39 bits per heavy atom. The van der Waals surface area contributed by atoms with Crippen LogP contribution in [0.2, 0.25) is 0 Å². The van der Waals surface area contributed by atoms with E-state index in [9.17, 15) is 0 Å². The molecule has 2 rings (SSSR count). The molecule has 3 nitrogen and oxygen atoms in total. The molecule has 2 unspecified atom stereocenters. The number of nitrogens with two attached hydrogens (primary N) is 1. The molecule has 18 heavy (non-hydrogen) atoms. The van der Waals surface area contributed by atoms with Crippen LogP contribution >= 0.6 is 0 Å². The molecular formula is C15H24N2O. The summed E-state index contributed by atoms with van der Waals surface area (Å²) in [5, 5.41) is 0. The molecule has 0 radical (unpaired) electrons. The molecule has 1 aliphatic rings. The molecule has 1 saturated heterocycles. The zero-order chi connectivity index (χ0) is 12.8. The SMILES string of the molecule is CCCOC(c1ccccc1)N1CCCC(N)C1. The van der Waals surface area contributed by atoms with Gasteiger partial charge in [-0.25, -0.2) is 0 Å². The van der Waals surface area contributed by atoms with Crippen molar-refractivity contribution in [2.75, 3.05) is 19.7 Å². The first kappa shape index (κ1) is 13.5. The first-order valence-electron chi connectivity index (χ1n) is 6.97. The third-order valence-electron chi connectivity index (χ3n) is 3.39. The lowest BCUT2D eigenvalue weighted by Gasteiger charge is -2.37. The number of hydrogen-bond donors (Lipinski definition) is 1. The number of nitrogens with zero attached hydrogens (tertiary/aromatic N) is 1. The highest BCUT2D eigenvalue weighted by atomic mass is 16.5. The molecular weight excluding hydrogens is 224 g/mol. The van der Waals surface area contributed by atoms with Crippen molar-refractivity contribution in [1.29, 1.82) is 0 Å². The molecule has 1 aromatic carbocycles. The van der Waals surface area contributed by atoms with Gasteiger partial charge in [0.15, 0.2) is 0 Å². The lowest BCUT2D eigenvalue weighted by molar-refractivity contribution is -0.0725. The highest BCUT2D eigenvalue weighted by molar-refractivity contribution is 5.17. The highest BCUT2D eigenvalue weighted by Gasteiger charge is 2.25. The fourth-order valence-corrected chi connectivity index (χ4v) is 2.51. The van der Waals surface area contributed by atoms with Gasteiger partial charge in [0.2, 0.25) is 0 Å². The van der Waals surface area contributed by atoms with Crippen molar-refractivity contribution < 1.29 is 4.74 Å². The fraction of sp³-hybridized carbons (Fsp3) is 0.600. The Kier molecular flexibility index (Phi) is 5.17. The quantitative estimate of drug-likeness (QED) is 0.870. The van der Waals surface area contributed by atoms with Crippen LogP contribution in [0.5, 0.6) is 0 Å². The summed E-state index contributed by atoms with van der Waals surface area (Å²) in [6.45, 7) is 4.95. The van der Waals surface area contributed by atoms with Crippen molar-refractivity contribution in [2.45, 2.75) is 38.5 Å². The van der Waals surface area contributed by atoms with E-state index in [1.165, 1.54) is 12.0 Å². The minimum atomic E-state index is 0.0671. The zero-order valence-corrected chi connectivity index (χ0v) is 11.2. The molecule has 100 valence electrons. The van der Waals surface area contributed by atoms with Crippen molar-refractivity contribution in [3.05, 3.63) is 35.9 Å². The second-order valence-electron chi connectivity index (χ2n) is 5.03. The zero-order valence-electron chi connectivity index (χ0n) is 11.2. The van der Waals surface area contributed by atoms with Crippen molar-refractivity contribution in [3.63, 3.8) is 0 Å². The minimum absolute atomic E-state index is 0.0671. The van der Waals surface area contributed by atoms with Crippen molar-refractivity contribution in [2.24, 2.45) is 5.73 Å². The Labute approximate surface area is 110 Å². The first-order chi connectivity index (χ1) is 8.81. The van der Waals surface area contributed by atoms with Gasteiger partial charge in [0.1, 0.15) is 6.23 Å². The predicted molar refractivity (Wildman–Crippen MR) is 74.2 cm³/mol. The van der Waals surface area contributed by atoms with Gasteiger partial charge in [0.05, 0.1) is 0 Å². The molecule has 0 bridgehead atoms. The van der Waals surface area contributed by atoms with Crippen LogP contribution in [0.15, 0.2) is 30.3 Å². The smallest absolute Gasteiger partial charge is 0.136 e. The number of hydrogen-bond acceptors (Lipinski definition) is 3. The Morgan fingerprint density at radius 3 is 2.83 bits per heavy atom. The Balaban J connectivity index is 2.09. The van der Waals surface area contributed by atoms with Gasteiger partial charge < -0.3 is 10.5 Å². The van der Waals surface area contributed by atoms with Gasteiger partial charge in [0, 0.05) is 25.7 Å². The molecule has 0 amide bonds. The summed E-state index contributed by atoms with van der Waals surface area (Å²) in [5.41, 5.74) is 7.31. The highest BCUT2D eigenvalue weighted by Crippen LogP contribution is 2.25. The van der Waals surface area contributed by atoms with Crippen molar-refractivity contribution in [3.8, 4) is 0 Å². The third-order valence-corrected chi connectivity index (χ3v) is 3.39. The molecule has 1 aromatic rings. The summed E-state index contributed by atoms with van der Waals surface area (Å²) in [6.07, 6.45) is 3.41. The number of benzene rings is 1. The molecule has 1 heterocycles. The maximum Gasteiger partial charge on any atom is 0.136 e. The van der Waals surface area contributed by atoms with E-state index in [0.717, 1.165) is 32.5 Å². The summed E-state index contributed by atoms with van der Waals surface area (Å²) >= 11 is 0. The maximum absolute atomic E-state index is 6.07. The average Bonchev–Trinajstić information content (AvgIpc) is 2.40. The van der Waals surface area contributed by atoms with Gasteiger partial charge in [-0.05, 0) is 24.8 Å². The summed E-state index contributed by atoms with van der Waals surface area (Å²) in [4.78, 5) is 2.37. The molecule has 3 heteroatoms. The summed E-state index contributed by atoms with van der Waals surface area (Å²) in [5.74, 6) is 0. The summed E-state index contributed by atoms with van der Waals surface area (Å²) < 4.78 is 6.04. The lowest BCUT2D eigenvalue weighted by atomic mass is 10.0. The maximum atomic E-state index is 6.07. The monoisotopic (exact) mass is 248 g/mol. The van der Waals surface area contributed by atoms with Crippen LogP contribution < -0.4 is 5.73 Å². The largest absolute Gasteiger partial charge is 0.359 e. The molecule has 2 atom stereocenters. The Morgan fingerprint density at radius 2 is 2.17 bits per heavy atom. The number of piperidine rings is 1. The second kappa shape index (κ2) is 6.88. The lowest BCUT2D eigenvalue weighted by Crippen LogP contribution is -2.45. The van der Waals surface area contributed by atoms with Gasteiger partial charge in [-0.3, -0.25) is 4.90 Å². The van der Waals surface area contributed by atoms with Crippen LogP contribution in [0.25, 0.3) is 0 Å². The number of ether oxygens (including phenoxy) is 1. The van der Waals surface area contributed by atoms with Crippen LogP contribution in [-0.2, 0) is 4.74 Å². The van der Waals surface area contributed by atoms with E-state index in [-0.39, 0.29) is 12.3 Å². The second-order valence-corrected chi connectivity index (χ2v) is 5.03. The van der Waals surface area contributed by atoms with Crippen LogP contribution in [0.4, 0.5) is 0 Å². The Bertz CT molecular complexity index is 342. The minimum Gasteiger partial charge on any atom is -0.359 e. The van der Waals surface area contributed by atoms with Crippen LogP contribution in [-0.4, -0.2) is 30.6 Å². The van der Waals surface area contributed by atoms with E-state index in [0.29, 0.717) is 0 Å². The van der Waals surface area contributed by atoms with E-state index in [1.54, 1.807) is 0 Å². The van der Waals surface area contributed by atoms with Gasteiger partial charge in [-0.15, -0.1) is 0 Å². The van der Waals surface area contributed by atoms with Crippen LogP contribution in [0, 0.1) is 0 Å². The predicted octanol–water partition coefficient (Wildman–Crippen LogP) is 2.53. The van der Waals surface area contributed by atoms with E-state index < -0.39 is 0 Å². The van der Waals surface area contributed by atoms with Gasteiger partial charge in [-0.1, -0.05) is 37.3 Å². The van der Waals surface area contributed by atoms with E-state index in [4.69, 9.17) is 10.5 Å². The molecule has 2 N–H and O–H groups in total. The molecule has 1 fully saturated rings. The molecule has 0 saturated carbocycles. The normalized spacial score (nSPS) is 22.9. The van der Waals surface area contributed by atoms with E-state index in [1.807, 2.05) is 6.07 Å². The Hall–Kier alpha value is -0.900. The molecule has 0 aliphatic carbocycles. The van der Waals surface area contributed by atoms with E-state index >= 15 is 0 Å². The standard InChI is InChI=1S/C15H24N2O/c1-2-11-18-15(13-7-4-3-5-8-13)17-10-6-9-14(16)12-17/h3-5,7-8,14-15H,2,6,9-12,16H2,1H3. The molecule has 1 aliphatic heterocycles. The van der Waals surface area contributed by atoms with Gasteiger partial charge >= 0.3 is 0 Å². The summed E-state index contributed by atoms with van der Waals surface area (Å²) in [7, 11) is 0. The summed E-state index contributed by atoms with van der Waals surface area (Å²) in [6, 6.07) is 10.8. The van der Waals surface area contributed by atoms with Crippen LogP contribution in [0.1, 0.15) is 38.0 Å². The van der Waals surface area contributed by atoms with Crippen molar-refractivity contribution >= 4 is 0 Å². The van der Waals surface area contributed by atoms with E-state index in [2.05, 4.69) is 36.1 Å². The van der Waals surface area contributed by atoms with Gasteiger partial charge in [-0.2, -0.15) is 0 Å². The fourth-order valence-electron chi connectivity index (χ4n) is 2.51. The number of likely N-dealkylation sites (tertiary alicyclic amines) is 1. The van der Waals surface area contributed by atoms with Crippen molar-refractivity contribution in [1.82, 2.24) is 4.90 Å². The third kappa shape index (κ3) is 3.55. The number of rotatable bonds is 5. The first-order valence-corrected chi connectivity index (χ1v) is 6.97. The topological polar surface area (TPSA) is 38.5 Å². The van der Waals surface area contributed by atoms with Gasteiger partial charge in [0.25, 0.3) is 0 Å².